The van der Waals surface area contributed by atoms with Crippen molar-refractivity contribution >= 4 is 11.7 Å². The summed E-state index contributed by atoms with van der Waals surface area (Å²) >= 11 is 0. The number of carbonyl (C=O) groups excluding carboxylic acids is 1. The first kappa shape index (κ1) is 27.1. The van der Waals surface area contributed by atoms with Crippen LogP contribution in [-0.4, -0.2) is 31.2 Å². The number of benzene rings is 3. The second kappa shape index (κ2) is 12.6. The number of piperidine rings is 1. The molecule has 1 aliphatic heterocycles. The average Bonchev–Trinajstić information content (AvgIpc) is 3.00. The predicted octanol–water partition coefficient (Wildman–Crippen LogP) is 6.57. The number of nitrogens with zero attached hydrogens (tertiary/aromatic N) is 2. The first-order valence-electron chi connectivity index (χ1n) is 13.2. The molecule has 1 aromatic heterocycles. The quantitative estimate of drug-likeness (QED) is 0.222. The van der Waals surface area contributed by atoms with Gasteiger partial charge in [-0.25, -0.2) is 8.78 Å². The van der Waals surface area contributed by atoms with Crippen LogP contribution in [0.5, 0.6) is 11.8 Å². The molecule has 3 aromatic carbocycles. The van der Waals surface area contributed by atoms with E-state index in [1.54, 1.807) is 12.1 Å². The number of esters is 1. The molecule has 0 saturated carbocycles. The van der Waals surface area contributed by atoms with E-state index in [2.05, 4.69) is 4.98 Å². The Kier molecular flexibility index (Phi) is 8.54. The van der Waals surface area contributed by atoms with Crippen molar-refractivity contribution in [3.63, 3.8) is 0 Å². The van der Waals surface area contributed by atoms with Gasteiger partial charge in [-0.1, -0.05) is 60.7 Å². The fourth-order valence-electron chi connectivity index (χ4n) is 4.80. The lowest BCUT2D eigenvalue weighted by molar-refractivity contribution is -0.146. The smallest absolute Gasteiger partial charge is 0.308 e. The topological polar surface area (TPSA) is 60.9 Å². The van der Waals surface area contributed by atoms with Crippen LogP contribution < -0.4 is 14.4 Å². The lowest BCUT2D eigenvalue weighted by atomic mass is 9.96. The predicted molar refractivity (Wildman–Crippen MR) is 148 cm³/mol. The minimum Gasteiger partial charge on any atom is -0.473 e. The van der Waals surface area contributed by atoms with E-state index in [0.29, 0.717) is 31.6 Å². The minimum atomic E-state index is -0.727. The van der Waals surface area contributed by atoms with Crippen LogP contribution in [0.3, 0.4) is 0 Å². The van der Waals surface area contributed by atoms with Crippen LogP contribution in [0.2, 0.25) is 0 Å². The van der Waals surface area contributed by atoms with Crippen molar-refractivity contribution in [3.05, 3.63) is 108 Å². The molecule has 4 aromatic rings. The van der Waals surface area contributed by atoms with E-state index in [1.165, 1.54) is 19.2 Å². The number of hydrogen-bond acceptors (Lipinski definition) is 6. The molecule has 0 bridgehead atoms. The molecule has 40 heavy (non-hydrogen) atoms. The average molecular weight is 545 g/mol. The number of pyridine rings is 1. The summed E-state index contributed by atoms with van der Waals surface area (Å²) in [7, 11) is 1.37. The molecule has 1 saturated heterocycles. The molecule has 0 atom stereocenters. The normalized spacial score (nSPS) is 13.6. The zero-order chi connectivity index (χ0) is 27.9. The molecule has 1 aliphatic rings. The molecule has 8 heteroatoms. The largest absolute Gasteiger partial charge is 0.473 e. The Morgan fingerprint density at radius 3 is 2.00 bits per heavy atom. The molecule has 5 rings (SSSR count). The Bertz CT molecular complexity index is 1420. The molecule has 2 heterocycles. The Hall–Kier alpha value is -4.46. The summed E-state index contributed by atoms with van der Waals surface area (Å²) in [5.41, 5.74) is 2.23. The van der Waals surface area contributed by atoms with Crippen LogP contribution in [0.1, 0.15) is 24.0 Å². The highest BCUT2D eigenvalue weighted by molar-refractivity contribution is 5.74. The third-order valence-electron chi connectivity index (χ3n) is 6.97. The molecule has 6 nitrogen and oxygen atoms in total. The first-order valence-corrected chi connectivity index (χ1v) is 13.2. The molecular formula is C32H30F2N2O4. The minimum absolute atomic E-state index is 0.0684. The van der Waals surface area contributed by atoms with Crippen molar-refractivity contribution in [2.75, 3.05) is 25.1 Å². The van der Waals surface area contributed by atoms with Crippen LogP contribution in [0, 0.1) is 17.6 Å². The maximum Gasteiger partial charge on any atom is 0.308 e. The van der Waals surface area contributed by atoms with Crippen LogP contribution in [-0.2, 0) is 22.7 Å². The summed E-state index contributed by atoms with van der Waals surface area (Å²) in [5.74, 6) is -1.56. The van der Waals surface area contributed by atoms with Crippen LogP contribution >= 0.6 is 0 Å². The summed E-state index contributed by atoms with van der Waals surface area (Å²) < 4.78 is 47.8. The fourth-order valence-corrected chi connectivity index (χ4v) is 4.80. The van der Waals surface area contributed by atoms with E-state index in [-0.39, 0.29) is 48.0 Å². The second-order valence-electron chi connectivity index (χ2n) is 9.62. The number of carbonyl (C=O) groups is 1. The molecule has 0 aliphatic carbocycles. The molecule has 0 amide bonds. The summed E-state index contributed by atoms with van der Waals surface area (Å²) in [5, 5.41) is 0. The monoisotopic (exact) mass is 544 g/mol. The van der Waals surface area contributed by atoms with Gasteiger partial charge in [0.2, 0.25) is 11.8 Å². The van der Waals surface area contributed by atoms with Crippen LogP contribution in [0.15, 0.2) is 84.9 Å². The van der Waals surface area contributed by atoms with Crippen molar-refractivity contribution in [2.45, 2.75) is 26.1 Å². The van der Waals surface area contributed by atoms with Gasteiger partial charge in [0.1, 0.15) is 24.8 Å². The van der Waals surface area contributed by atoms with E-state index >= 15 is 8.78 Å². The van der Waals surface area contributed by atoms with Crippen molar-refractivity contribution < 1.29 is 27.8 Å². The van der Waals surface area contributed by atoms with Gasteiger partial charge in [0.25, 0.3) is 0 Å². The molecule has 0 radical (unpaired) electrons. The van der Waals surface area contributed by atoms with Gasteiger partial charge in [-0.15, -0.1) is 0 Å². The zero-order valence-electron chi connectivity index (χ0n) is 22.2. The van der Waals surface area contributed by atoms with Gasteiger partial charge in [-0.2, -0.15) is 4.98 Å². The van der Waals surface area contributed by atoms with E-state index in [4.69, 9.17) is 14.2 Å². The van der Waals surface area contributed by atoms with Crippen molar-refractivity contribution in [2.24, 2.45) is 5.92 Å². The molecule has 0 spiro atoms. The van der Waals surface area contributed by atoms with Gasteiger partial charge >= 0.3 is 5.97 Å². The molecule has 1 fully saturated rings. The van der Waals surface area contributed by atoms with Gasteiger partial charge in [0.05, 0.1) is 24.2 Å². The number of halogens is 2. The number of methoxy groups -OCH3 is 1. The van der Waals surface area contributed by atoms with Gasteiger partial charge in [0, 0.05) is 24.8 Å². The highest BCUT2D eigenvalue weighted by atomic mass is 19.1. The SMILES string of the molecule is COC(=O)C1CCN(c2cc(F)c(-c3ccc(OCc4ccccc4)nc3OCc3ccccc3)c(F)c2)CC1. The fraction of sp³-hybridized carbons (Fsp3) is 0.250. The maximum absolute atomic E-state index is 15.6. The number of anilines is 1. The molecule has 0 N–H and O–H groups in total. The second-order valence-corrected chi connectivity index (χ2v) is 9.62. The van der Waals surface area contributed by atoms with E-state index in [1.807, 2.05) is 65.6 Å². The Morgan fingerprint density at radius 2 is 1.43 bits per heavy atom. The Morgan fingerprint density at radius 1 is 0.850 bits per heavy atom. The van der Waals surface area contributed by atoms with E-state index in [0.717, 1.165) is 11.1 Å². The number of hydrogen-bond donors (Lipinski definition) is 0. The first-order chi connectivity index (χ1) is 19.5. The summed E-state index contributed by atoms with van der Waals surface area (Å²) in [6, 6.07) is 24.9. The van der Waals surface area contributed by atoms with Crippen molar-refractivity contribution in [3.8, 4) is 22.9 Å². The van der Waals surface area contributed by atoms with Gasteiger partial charge in [-0.3, -0.25) is 4.79 Å². The highest BCUT2D eigenvalue weighted by Crippen LogP contribution is 2.37. The van der Waals surface area contributed by atoms with Gasteiger partial charge in [0.15, 0.2) is 0 Å². The Labute approximate surface area is 232 Å². The van der Waals surface area contributed by atoms with Crippen LogP contribution in [0.25, 0.3) is 11.1 Å². The zero-order valence-corrected chi connectivity index (χ0v) is 22.2. The summed E-state index contributed by atoms with van der Waals surface area (Å²) in [6.45, 7) is 1.45. The van der Waals surface area contributed by atoms with Crippen molar-refractivity contribution in [1.82, 2.24) is 4.98 Å². The van der Waals surface area contributed by atoms with E-state index in [9.17, 15) is 4.79 Å². The molecule has 0 unspecified atom stereocenters. The maximum atomic E-state index is 15.6. The Balaban J connectivity index is 1.41. The number of rotatable bonds is 9. The third-order valence-corrected chi connectivity index (χ3v) is 6.97. The summed E-state index contributed by atoms with van der Waals surface area (Å²) in [4.78, 5) is 18.2. The number of aromatic nitrogens is 1. The van der Waals surface area contributed by atoms with E-state index < -0.39 is 11.6 Å². The number of ether oxygens (including phenoxy) is 3. The van der Waals surface area contributed by atoms with Crippen LogP contribution in [0.4, 0.5) is 14.5 Å². The molecule has 206 valence electrons. The lowest BCUT2D eigenvalue weighted by Gasteiger charge is -2.32. The van der Waals surface area contributed by atoms with Crippen molar-refractivity contribution in [1.29, 1.82) is 0 Å². The standard InChI is InChI=1S/C32H30F2N2O4/c1-38-32(37)24-14-16-36(17-15-24)25-18-27(33)30(28(34)19-25)26-12-13-29(39-20-22-8-4-2-5-9-22)35-31(26)40-21-23-10-6-3-7-11-23/h2-13,18-19,24H,14-17,20-21H2,1H3. The molecular weight excluding hydrogens is 514 g/mol. The van der Waals surface area contributed by atoms with Gasteiger partial charge < -0.3 is 19.1 Å². The van der Waals surface area contributed by atoms with Gasteiger partial charge in [-0.05, 0) is 42.2 Å². The lowest BCUT2D eigenvalue weighted by Crippen LogP contribution is -2.36. The third kappa shape index (κ3) is 6.39. The highest BCUT2D eigenvalue weighted by Gasteiger charge is 2.27. The summed E-state index contributed by atoms with van der Waals surface area (Å²) in [6.07, 6.45) is 1.12.